The third kappa shape index (κ3) is 4.47. The number of amides is 1. The van der Waals surface area contributed by atoms with Gasteiger partial charge in [-0.3, -0.25) is 4.79 Å². The van der Waals surface area contributed by atoms with Crippen molar-refractivity contribution >= 4 is 29.2 Å². The Hall–Kier alpha value is -3.81. The van der Waals surface area contributed by atoms with Crippen molar-refractivity contribution in [2.75, 3.05) is 17.7 Å². The van der Waals surface area contributed by atoms with Gasteiger partial charge in [-0.1, -0.05) is 18.2 Å². The summed E-state index contributed by atoms with van der Waals surface area (Å²) in [5.41, 5.74) is 1.54. The number of aromatic nitrogens is 2. The molecular weight excluding hydrogens is 363 g/mol. The number of carbonyl (C=O) groups excluding carboxylic acids is 2. The Kier molecular flexibility index (Phi) is 5.59. The summed E-state index contributed by atoms with van der Waals surface area (Å²) >= 11 is 0. The van der Waals surface area contributed by atoms with E-state index in [9.17, 15) is 14.0 Å². The van der Waals surface area contributed by atoms with E-state index in [1.54, 1.807) is 43.3 Å². The van der Waals surface area contributed by atoms with E-state index in [2.05, 4.69) is 25.3 Å². The first kappa shape index (κ1) is 19.0. The molecule has 1 amide bonds. The molecule has 0 saturated carbocycles. The third-order valence-corrected chi connectivity index (χ3v) is 3.75. The molecule has 1 heterocycles. The Bertz CT molecular complexity index is 1040. The standard InChI is InChI=1S/C20H17FN4O3/c1-12-10-17(25-20(22-12)24-16-9-4-3-8-15(16)21)18(26)23-14-7-5-6-13(11-14)19(27)28-2/h3-11H,1-2H3,(H,23,26)(H,22,24,25). The van der Waals surface area contributed by atoms with Crippen LogP contribution in [0.3, 0.4) is 0 Å². The number of esters is 1. The zero-order chi connectivity index (χ0) is 20.1. The number of para-hydroxylation sites is 1. The highest BCUT2D eigenvalue weighted by Crippen LogP contribution is 2.18. The van der Waals surface area contributed by atoms with Crippen molar-refractivity contribution in [2.45, 2.75) is 6.92 Å². The van der Waals surface area contributed by atoms with Gasteiger partial charge in [0.25, 0.3) is 5.91 Å². The maximum Gasteiger partial charge on any atom is 0.337 e. The van der Waals surface area contributed by atoms with E-state index < -0.39 is 17.7 Å². The Balaban J connectivity index is 1.82. The maximum absolute atomic E-state index is 13.8. The van der Waals surface area contributed by atoms with Crippen molar-refractivity contribution in [2.24, 2.45) is 0 Å². The molecule has 7 nitrogen and oxygen atoms in total. The van der Waals surface area contributed by atoms with Gasteiger partial charge >= 0.3 is 5.97 Å². The molecule has 0 aliphatic carbocycles. The molecule has 0 unspecified atom stereocenters. The lowest BCUT2D eigenvalue weighted by Crippen LogP contribution is -2.16. The van der Waals surface area contributed by atoms with E-state index in [4.69, 9.17) is 0 Å². The highest BCUT2D eigenvalue weighted by Gasteiger charge is 2.13. The molecule has 0 radical (unpaired) electrons. The maximum atomic E-state index is 13.8. The number of nitrogens with one attached hydrogen (secondary N) is 2. The van der Waals surface area contributed by atoms with E-state index in [1.165, 1.54) is 25.3 Å². The quantitative estimate of drug-likeness (QED) is 0.656. The van der Waals surface area contributed by atoms with Gasteiger partial charge in [0.05, 0.1) is 18.4 Å². The SMILES string of the molecule is COC(=O)c1cccc(NC(=O)c2cc(C)nc(Nc3ccccc3F)n2)c1. The molecule has 3 rings (SSSR count). The fourth-order valence-electron chi connectivity index (χ4n) is 2.46. The predicted molar refractivity (Wildman–Crippen MR) is 102 cm³/mol. The number of aryl methyl sites for hydroxylation is 1. The lowest BCUT2D eigenvalue weighted by atomic mass is 10.2. The van der Waals surface area contributed by atoms with Crippen molar-refractivity contribution in [3.05, 3.63) is 77.4 Å². The molecule has 3 aromatic rings. The number of hydrogen-bond donors (Lipinski definition) is 2. The molecule has 8 heteroatoms. The number of rotatable bonds is 5. The zero-order valence-electron chi connectivity index (χ0n) is 15.2. The lowest BCUT2D eigenvalue weighted by molar-refractivity contribution is 0.0600. The summed E-state index contributed by atoms with van der Waals surface area (Å²) in [5.74, 6) is -1.37. The van der Waals surface area contributed by atoms with Crippen molar-refractivity contribution in [3.8, 4) is 0 Å². The number of carbonyl (C=O) groups is 2. The normalized spacial score (nSPS) is 10.2. The van der Waals surface area contributed by atoms with Gasteiger partial charge in [-0.25, -0.2) is 19.2 Å². The molecule has 0 aliphatic rings. The number of ether oxygens (including phenoxy) is 1. The Morgan fingerprint density at radius 1 is 1.04 bits per heavy atom. The number of halogens is 1. The fraction of sp³-hybridized carbons (Fsp3) is 0.100. The van der Waals surface area contributed by atoms with Crippen LogP contribution >= 0.6 is 0 Å². The number of hydrogen-bond acceptors (Lipinski definition) is 6. The summed E-state index contributed by atoms with van der Waals surface area (Å²) in [6, 6.07) is 13.9. The van der Waals surface area contributed by atoms with E-state index in [0.29, 0.717) is 16.9 Å². The van der Waals surface area contributed by atoms with Crippen molar-refractivity contribution in [1.29, 1.82) is 0 Å². The van der Waals surface area contributed by atoms with Crippen LogP contribution in [0.2, 0.25) is 0 Å². The molecular formula is C20H17FN4O3. The number of benzene rings is 2. The monoisotopic (exact) mass is 380 g/mol. The van der Waals surface area contributed by atoms with Crippen molar-refractivity contribution < 1.29 is 18.7 Å². The molecule has 1 aromatic heterocycles. The number of nitrogens with zero attached hydrogens (tertiary/aromatic N) is 2. The van der Waals surface area contributed by atoms with E-state index in [-0.39, 0.29) is 17.3 Å². The highest BCUT2D eigenvalue weighted by molar-refractivity contribution is 6.03. The van der Waals surface area contributed by atoms with Crippen LogP contribution in [0, 0.1) is 12.7 Å². The smallest absolute Gasteiger partial charge is 0.337 e. The second-order valence-electron chi connectivity index (χ2n) is 5.85. The minimum atomic E-state index is -0.509. The van der Waals surface area contributed by atoms with Crippen LogP contribution in [-0.4, -0.2) is 29.0 Å². The van der Waals surface area contributed by atoms with Gasteiger partial charge in [0.15, 0.2) is 0 Å². The molecule has 0 aliphatic heterocycles. The van der Waals surface area contributed by atoms with Gasteiger partial charge in [-0.2, -0.15) is 0 Å². The summed E-state index contributed by atoms with van der Waals surface area (Å²) in [6.07, 6.45) is 0. The molecule has 2 aromatic carbocycles. The van der Waals surface area contributed by atoms with Gasteiger partial charge in [0.1, 0.15) is 11.5 Å². The van der Waals surface area contributed by atoms with Gasteiger partial charge < -0.3 is 15.4 Å². The lowest BCUT2D eigenvalue weighted by Gasteiger charge is -2.10. The van der Waals surface area contributed by atoms with Crippen LogP contribution in [0.4, 0.5) is 21.7 Å². The summed E-state index contributed by atoms with van der Waals surface area (Å²) in [6.45, 7) is 1.70. The van der Waals surface area contributed by atoms with E-state index in [1.807, 2.05) is 0 Å². The van der Waals surface area contributed by atoms with Crippen LogP contribution in [0.5, 0.6) is 0 Å². The second-order valence-corrected chi connectivity index (χ2v) is 5.85. The second kappa shape index (κ2) is 8.26. The number of anilines is 3. The summed E-state index contributed by atoms with van der Waals surface area (Å²) in [4.78, 5) is 32.5. The van der Waals surface area contributed by atoms with Gasteiger partial charge in [-0.15, -0.1) is 0 Å². The average molecular weight is 380 g/mol. The first-order chi connectivity index (χ1) is 13.5. The first-order valence-corrected chi connectivity index (χ1v) is 8.33. The van der Waals surface area contributed by atoms with Gasteiger partial charge in [0.2, 0.25) is 5.95 Å². The summed E-state index contributed by atoms with van der Waals surface area (Å²) in [5, 5.41) is 5.43. The van der Waals surface area contributed by atoms with Crippen molar-refractivity contribution in [3.63, 3.8) is 0 Å². The fourth-order valence-corrected chi connectivity index (χ4v) is 2.46. The molecule has 0 bridgehead atoms. The van der Waals surface area contributed by atoms with Gasteiger partial charge in [0, 0.05) is 11.4 Å². The number of methoxy groups -OCH3 is 1. The Labute approximate surface area is 160 Å². The molecule has 2 N–H and O–H groups in total. The molecule has 0 spiro atoms. The van der Waals surface area contributed by atoms with Crippen LogP contribution in [0.15, 0.2) is 54.6 Å². The molecule has 142 valence electrons. The summed E-state index contributed by atoms with van der Waals surface area (Å²) < 4.78 is 18.5. The van der Waals surface area contributed by atoms with E-state index >= 15 is 0 Å². The first-order valence-electron chi connectivity index (χ1n) is 8.33. The molecule has 0 fully saturated rings. The van der Waals surface area contributed by atoms with Gasteiger partial charge in [-0.05, 0) is 43.3 Å². The highest BCUT2D eigenvalue weighted by atomic mass is 19.1. The van der Waals surface area contributed by atoms with Crippen LogP contribution in [0.1, 0.15) is 26.5 Å². The summed E-state index contributed by atoms with van der Waals surface area (Å²) in [7, 11) is 1.28. The van der Waals surface area contributed by atoms with Crippen LogP contribution in [-0.2, 0) is 4.74 Å². The van der Waals surface area contributed by atoms with Crippen LogP contribution < -0.4 is 10.6 Å². The largest absolute Gasteiger partial charge is 0.465 e. The van der Waals surface area contributed by atoms with E-state index in [0.717, 1.165) is 0 Å². The predicted octanol–water partition coefficient (Wildman–Crippen LogP) is 3.71. The third-order valence-electron chi connectivity index (χ3n) is 3.75. The zero-order valence-corrected chi connectivity index (χ0v) is 15.2. The molecule has 0 atom stereocenters. The minimum absolute atomic E-state index is 0.0924. The Morgan fingerprint density at radius 3 is 2.57 bits per heavy atom. The Morgan fingerprint density at radius 2 is 1.82 bits per heavy atom. The molecule has 28 heavy (non-hydrogen) atoms. The average Bonchev–Trinajstić information content (AvgIpc) is 2.69. The van der Waals surface area contributed by atoms with Crippen molar-refractivity contribution in [1.82, 2.24) is 9.97 Å². The molecule has 0 saturated heterocycles. The van der Waals surface area contributed by atoms with Crippen LogP contribution in [0.25, 0.3) is 0 Å². The minimum Gasteiger partial charge on any atom is -0.465 e. The topological polar surface area (TPSA) is 93.2 Å².